The summed E-state index contributed by atoms with van der Waals surface area (Å²) >= 11 is 0.884. The van der Waals surface area contributed by atoms with Gasteiger partial charge in [-0.25, -0.2) is 13.2 Å². The van der Waals surface area contributed by atoms with Crippen LogP contribution in [-0.2, 0) is 5.60 Å². The molecule has 1 heterocycles. The number of benzene rings is 2. The van der Waals surface area contributed by atoms with E-state index in [0.29, 0.717) is 5.56 Å². The molecule has 1 saturated heterocycles. The van der Waals surface area contributed by atoms with E-state index in [1.54, 1.807) is 37.4 Å². The SMILES string of the molecule is CNSC(=O)N1CCC(Oc2c(F)c(F)c(F)c(F)c2F)(c2ccccc2)CC1. The first kappa shape index (κ1) is 21.4. The van der Waals surface area contributed by atoms with Gasteiger partial charge in [-0.1, -0.05) is 30.3 Å². The maximum atomic E-state index is 14.2. The van der Waals surface area contributed by atoms with E-state index < -0.39 is 40.4 Å². The van der Waals surface area contributed by atoms with Gasteiger partial charge in [0.1, 0.15) is 5.60 Å². The number of hydrogen-bond acceptors (Lipinski definition) is 4. The summed E-state index contributed by atoms with van der Waals surface area (Å²) in [7, 11) is 1.59. The molecule has 1 N–H and O–H groups in total. The molecule has 0 aliphatic carbocycles. The minimum atomic E-state index is -2.24. The first-order chi connectivity index (χ1) is 13.8. The molecule has 2 aromatic rings. The quantitative estimate of drug-likeness (QED) is 0.328. The normalized spacial score (nSPS) is 16.0. The molecule has 1 fully saturated rings. The Morgan fingerprint density at radius 2 is 1.48 bits per heavy atom. The van der Waals surface area contributed by atoms with E-state index in [2.05, 4.69) is 4.72 Å². The predicted octanol–water partition coefficient (Wildman–Crippen LogP) is 4.74. The lowest BCUT2D eigenvalue weighted by Crippen LogP contribution is -2.47. The van der Waals surface area contributed by atoms with Gasteiger partial charge in [-0.3, -0.25) is 9.52 Å². The standard InChI is InChI=1S/C19H17F5N2O2S/c1-25-29-18(27)26-9-7-19(8-10-26,11-5-3-2-4-6-11)28-17-15(23)13(21)12(20)14(22)16(17)24/h2-6,25H,7-10H2,1H3. The van der Waals surface area contributed by atoms with Crippen molar-refractivity contribution in [1.29, 1.82) is 0 Å². The first-order valence-corrected chi connectivity index (χ1v) is 9.51. The molecule has 29 heavy (non-hydrogen) atoms. The zero-order valence-corrected chi connectivity index (χ0v) is 16.1. The van der Waals surface area contributed by atoms with Crippen LogP contribution < -0.4 is 9.46 Å². The van der Waals surface area contributed by atoms with Crippen LogP contribution in [0.4, 0.5) is 26.7 Å². The van der Waals surface area contributed by atoms with Crippen LogP contribution in [0.25, 0.3) is 0 Å². The van der Waals surface area contributed by atoms with Crippen LogP contribution in [0.15, 0.2) is 30.3 Å². The molecule has 0 saturated carbocycles. The van der Waals surface area contributed by atoms with Gasteiger partial charge in [0.05, 0.1) is 0 Å². The van der Waals surface area contributed by atoms with Crippen molar-refractivity contribution in [3.63, 3.8) is 0 Å². The summed E-state index contributed by atoms with van der Waals surface area (Å²) in [5.74, 6) is -11.8. The van der Waals surface area contributed by atoms with Crippen molar-refractivity contribution in [3.05, 3.63) is 65.0 Å². The summed E-state index contributed by atoms with van der Waals surface area (Å²) < 4.78 is 77.3. The number of likely N-dealkylation sites (tertiary alicyclic amines) is 1. The molecule has 156 valence electrons. The highest BCUT2D eigenvalue weighted by molar-refractivity contribution is 8.11. The van der Waals surface area contributed by atoms with Crippen molar-refractivity contribution in [2.75, 3.05) is 20.1 Å². The van der Waals surface area contributed by atoms with Crippen molar-refractivity contribution in [3.8, 4) is 5.75 Å². The predicted molar refractivity (Wildman–Crippen MR) is 97.8 cm³/mol. The Morgan fingerprint density at radius 1 is 0.966 bits per heavy atom. The van der Waals surface area contributed by atoms with Gasteiger partial charge in [-0.2, -0.15) is 8.78 Å². The number of ether oxygens (including phenoxy) is 1. The largest absolute Gasteiger partial charge is 0.476 e. The third-order valence-corrected chi connectivity index (χ3v) is 5.42. The van der Waals surface area contributed by atoms with E-state index in [0.717, 1.165) is 11.9 Å². The van der Waals surface area contributed by atoms with Crippen molar-refractivity contribution >= 4 is 17.2 Å². The molecule has 0 unspecified atom stereocenters. The molecule has 10 heteroatoms. The molecule has 0 spiro atoms. The van der Waals surface area contributed by atoms with Gasteiger partial charge in [0.25, 0.3) is 5.24 Å². The number of halogens is 5. The zero-order valence-electron chi connectivity index (χ0n) is 15.3. The lowest BCUT2D eigenvalue weighted by molar-refractivity contribution is 0.00182. The molecule has 4 nitrogen and oxygen atoms in total. The van der Waals surface area contributed by atoms with Crippen molar-refractivity contribution < 1.29 is 31.5 Å². The second kappa shape index (κ2) is 8.58. The van der Waals surface area contributed by atoms with E-state index in [4.69, 9.17) is 4.74 Å². The minimum absolute atomic E-state index is 0.104. The molecular weight excluding hydrogens is 415 g/mol. The number of carbonyl (C=O) groups is 1. The van der Waals surface area contributed by atoms with E-state index in [1.165, 1.54) is 4.90 Å². The van der Waals surface area contributed by atoms with Gasteiger partial charge in [-0.05, 0) is 12.6 Å². The summed E-state index contributed by atoms with van der Waals surface area (Å²) in [6.07, 6.45) is 0.207. The summed E-state index contributed by atoms with van der Waals surface area (Å²) in [5.41, 5.74) is -0.849. The monoisotopic (exact) mass is 432 g/mol. The Balaban J connectivity index is 1.99. The van der Waals surface area contributed by atoms with Crippen LogP contribution in [0.2, 0.25) is 0 Å². The fraction of sp³-hybridized carbons (Fsp3) is 0.316. The number of hydrogen-bond donors (Lipinski definition) is 1. The molecule has 1 aliphatic heterocycles. The lowest BCUT2D eigenvalue weighted by Gasteiger charge is -2.42. The van der Waals surface area contributed by atoms with Crippen LogP contribution in [0, 0.1) is 29.1 Å². The number of amides is 1. The van der Waals surface area contributed by atoms with Crippen molar-refractivity contribution in [1.82, 2.24) is 9.62 Å². The van der Waals surface area contributed by atoms with Gasteiger partial charge in [0, 0.05) is 37.9 Å². The third-order valence-electron chi connectivity index (χ3n) is 4.79. The Bertz CT molecular complexity index is 876. The van der Waals surface area contributed by atoms with Gasteiger partial charge in [-0.15, -0.1) is 0 Å². The van der Waals surface area contributed by atoms with Crippen molar-refractivity contribution in [2.24, 2.45) is 0 Å². The maximum Gasteiger partial charge on any atom is 0.296 e. The summed E-state index contributed by atoms with van der Waals surface area (Å²) in [4.78, 5) is 13.6. The molecule has 0 bridgehead atoms. The molecule has 0 atom stereocenters. The number of nitrogens with zero attached hydrogens (tertiary/aromatic N) is 1. The minimum Gasteiger partial charge on any atom is -0.476 e. The van der Waals surface area contributed by atoms with Crippen LogP contribution in [0.5, 0.6) is 5.75 Å². The number of rotatable bonds is 4. The Morgan fingerprint density at radius 3 is 2.00 bits per heavy atom. The molecule has 0 radical (unpaired) electrons. The van der Waals surface area contributed by atoms with E-state index in [1.807, 2.05) is 0 Å². The van der Waals surface area contributed by atoms with Crippen LogP contribution >= 0.6 is 11.9 Å². The second-order valence-corrected chi connectivity index (χ2v) is 7.38. The smallest absolute Gasteiger partial charge is 0.296 e. The number of carbonyl (C=O) groups excluding carboxylic acids is 1. The highest BCUT2D eigenvalue weighted by atomic mass is 32.2. The van der Waals surface area contributed by atoms with Gasteiger partial charge < -0.3 is 9.64 Å². The molecule has 3 rings (SSSR count). The van der Waals surface area contributed by atoms with Gasteiger partial charge >= 0.3 is 0 Å². The average Bonchev–Trinajstić information content (AvgIpc) is 2.75. The highest BCUT2D eigenvalue weighted by Crippen LogP contribution is 2.41. The van der Waals surface area contributed by atoms with Crippen LogP contribution in [0.1, 0.15) is 18.4 Å². The summed E-state index contributed by atoms with van der Waals surface area (Å²) in [6.45, 7) is 0.357. The molecule has 2 aromatic carbocycles. The fourth-order valence-electron chi connectivity index (χ4n) is 3.26. The fourth-order valence-corrected chi connectivity index (χ4v) is 3.75. The Hall–Kier alpha value is -2.33. The summed E-state index contributed by atoms with van der Waals surface area (Å²) in [5, 5.41) is -0.245. The van der Waals surface area contributed by atoms with Crippen LogP contribution in [-0.4, -0.2) is 30.3 Å². The molecule has 0 aromatic heterocycles. The van der Waals surface area contributed by atoms with Gasteiger partial charge in [0.15, 0.2) is 5.75 Å². The van der Waals surface area contributed by atoms with E-state index in [9.17, 15) is 26.7 Å². The Labute approximate surface area is 168 Å². The number of piperidine rings is 1. The van der Waals surface area contributed by atoms with Crippen LogP contribution in [0.3, 0.4) is 0 Å². The van der Waals surface area contributed by atoms with Gasteiger partial charge in [0.2, 0.25) is 29.1 Å². The second-order valence-electron chi connectivity index (χ2n) is 6.42. The molecule has 1 amide bonds. The molecule has 1 aliphatic rings. The van der Waals surface area contributed by atoms with Crippen molar-refractivity contribution in [2.45, 2.75) is 18.4 Å². The summed E-state index contributed by atoms with van der Waals surface area (Å²) in [6, 6.07) is 8.36. The number of nitrogens with one attached hydrogen (secondary N) is 1. The zero-order chi connectivity index (χ0) is 21.2. The van der Waals surface area contributed by atoms with E-state index in [-0.39, 0.29) is 31.2 Å². The Kier molecular flexibility index (Phi) is 6.33. The topological polar surface area (TPSA) is 41.6 Å². The first-order valence-electron chi connectivity index (χ1n) is 8.69. The third kappa shape index (κ3) is 4.04. The maximum absolute atomic E-state index is 14.2. The molecular formula is C19H17F5N2O2S. The lowest BCUT2D eigenvalue weighted by atomic mass is 9.84. The average molecular weight is 432 g/mol. The highest BCUT2D eigenvalue weighted by Gasteiger charge is 2.42. The van der Waals surface area contributed by atoms with E-state index >= 15 is 0 Å².